The predicted octanol–water partition coefficient (Wildman–Crippen LogP) is 8.39. The molecule has 0 amide bonds. The van der Waals surface area contributed by atoms with Gasteiger partial charge in [0.05, 0.1) is 0 Å². The van der Waals surface area contributed by atoms with Crippen molar-refractivity contribution in [3.8, 4) is 34.2 Å². The van der Waals surface area contributed by atoms with Gasteiger partial charge in [-0.3, -0.25) is 0 Å². The minimum Gasteiger partial charge on any atom is -0.208 e. The van der Waals surface area contributed by atoms with E-state index in [9.17, 15) is 0 Å². The van der Waals surface area contributed by atoms with Crippen molar-refractivity contribution < 1.29 is 0 Å². The van der Waals surface area contributed by atoms with Crippen LogP contribution < -0.4 is 0 Å². The molecule has 7 aromatic rings. The molecule has 0 N–H and O–H groups in total. The summed E-state index contributed by atoms with van der Waals surface area (Å²) in [6, 6.07) is 39.8. The van der Waals surface area contributed by atoms with Crippen molar-refractivity contribution >= 4 is 42.3 Å². The molecule has 4 heteroatoms. The van der Waals surface area contributed by atoms with E-state index in [1.165, 1.54) is 30.9 Å². The van der Waals surface area contributed by atoms with Crippen LogP contribution in [0.1, 0.15) is 0 Å². The Kier molecular flexibility index (Phi) is 4.64. The van der Waals surface area contributed by atoms with Crippen LogP contribution in [-0.2, 0) is 0 Å². The Bertz CT molecular complexity index is 1780. The number of hydrogen-bond acceptors (Lipinski definition) is 4. The molecule has 5 aromatic carbocycles. The zero-order valence-electron chi connectivity index (χ0n) is 18.7. The monoisotopic (exact) mass is 465 g/mol. The van der Waals surface area contributed by atoms with E-state index in [0.29, 0.717) is 17.5 Å². The standard InChI is InChI=1S/C31H19N3S/c1-3-9-21(10-4-1)29-32-30(22-11-5-2-6-12-22)34-31(33-29)23-16-15-20-17-18-27-28(25(20)19-23)24-13-7-8-14-26(24)35-27/h1-19H. The highest BCUT2D eigenvalue weighted by Crippen LogP contribution is 2.39. The number of benzene rings is 5. The molecule has 0 unspecified atom stereocenters. The zero-order chi connectivity index (χ0) is 23.2. The van der Waals surface area contributed by atoms with Gasteiger partial charge in [0, 0.05) is 36.9 Å². The highest BCUT2D eigenvalue weighted by molar-refractivity contribution is 7.26. The smallest absolute Gasteiger partial charge is 0.164 e. The maximum absolute atomic E-state index is 4.92. The van der Waals surface area contributed by atoms with Gasteiger partial charge in [0.2, 0.25) is 0 Å². The first-order valence-electron chi connectivity index (χ1n) is 11.5. The van der Waals surface area contributed by atoms with Crippen LogP contribution in [0.3, 0.4) is 0 Å². The van der Waals surface area contributed by atoms with Gasteiger partial charge in [0.15, 0.2) is 17.5 Å². The Morgan fingerprint density at radius 2 is 1.00 bits per heavy atom. The summed E-state index contributed by atoms with van der Waals surface area (Å²) in [7, 11) is 0. The fourth-order valence-electron chi connectivity index (χ4n) is 4.62. The second kappa shape index (κ2) is 8.12. The molecule has 7 rings (SSSR count). The second-order valence-electron chi connectivity index (χ2n) is 8.51. The summed E-state index contributed by atoms with van der Waals surface area (Å²) in [5, 5.41) is 5.03. The quantitative estimate of drug-likeness (QED) is 0.263. The van der Waals surface area contributed by atoms with E-state index in [0.717, 1.165) is 16.7 Å². The third kappa shape index (κ3) is 3.47. The maximum Gasteiger partial charge on any atom is 0.164 e. The van der Waals surface area contributed by atoms with Gasteiger partial charge in [-0.15, -0.1) is 11.3 Å². The Hall–Kier alpha value is -4.41. The van der Waals surface area contributed by atoms with Crippen LogP contribution in [-0.4, -0.2) is 15.0 Å². The molecule has 0 aliphatic carbocycles. The highest BCUT2D eigenvalue weighted by atomic mass is 32.1. The lowest BCUT2D eigenvalue weighted by Crippen LogP contribution is -2.00. The van der Waals surface area contributed by atoms with E-state index in [4.69, 9.17) is 15.0 Å². The Morgan fingerprint density at radius 1 is 0.429 bits per heavy atom. The Morgan fingerprint density at radius 3 is 1.69 bits per heavy atom. The molecule has 35 heavy (non-hydrogen) atoms. The fraction of sp³-hybridized carbons (Fsp3) is 0. The molecule has 0 saturated heterocycles. The summed E-state index contributed by atoms with van der Waals surface area (Å²) in [5.74, 6) is 2.03. The van der Waals surface area contributed by atoms with Crippen molar-refractivity contribution in [1.82, 2.24) is 15.0 Å². The number of hydrogen-bond donors (Lipinski definition) is 0. The summed E-state index contributed by atoms with van der Waals surface area (Å²) in [4.78, 5) is 14.7. The SMILES string of the molecule is c1ccc(-c2nc(-c3ccccc3)nc(-c3ccc4ccc5sc6ccccc6c5c4c3)n2)cc1. The van der Waals surface area contributed by atoms with Crippen LogP contribution in [0.2, 0.25) is 0 Å². The van der Waals surface area contributed by atoms with Gasteiger partial charge in [-0.1, -0.05) is 97.1 Å². The molecule has 0 saturated carbocycles. The minimum atomic E-state index is 0.675. The van der Waals surface area contributed by atoms with Gasteiger partial charge in [-0.05, 0) is 29.0 Å². The fourth-order valence-corrected chi connectivity index (χ4v) is 5.74. The highest BCUT2D eigenvalue weighted by Gasteiger charge is 2.14. The third-order valence-corrected chi connectivity index (χ3v) is 7.45. The summed E-state index contributed by atoms with van der Waals surface area (Å²) >= 11 is 1.84. The van der Waals surface area contributed by atoms with Crippen molar-refractivity contribution in [2.45, 2.75) is 0 Å². The average molecular weight is 466 g/mol. The lowest BCUT2D eigenvalue weighted by atomic mass is 10.0. The van der Waals surface area contributed by atoms with Crippen molar-refractivity contribution in [1.29, 1.82) is 0 Å². The summed E-state index contributed by atoms with van der Waals surface area (Å²) < 4.78 is 2.60. The Balaban J connectivity index is 1.49. The topological polar surface area (TPSA) is 38.7 Å². The molecule has 0 aliphatic heterocycles. The first-order chi connectivity index (χ1) is 17.3. The molecule has 0 fully saturated rings. The van der Waals surface area contributed by atoms with Crippen LogP contribution in [0.25, 0.3) is 65.1 Å². The zero-order valence-corrected chi connectivity index (χ0v) is 19.5. The van der Waals surface area contributed by atoms with Gasteiger partial charge >= 0.3 is 0 Å². The first-order valence-corrected chi connectivity index (χ1v) is 12.4. The van der Waals surface area contributed by atoms with E-state index >= 15 is 0 Å². The van der Waals surface area contributed by atoms with E-state index in [2.05, 4.69) is 54.6 Å². The lowest BCUT2D eigenvalue weighted by molar-refractivity contribution is 1.07. The number of rotatable bonds is 3. The van der Waals surface area contributed by atoms with Gasteiger partial charge < -0.3 is 0 Å². The molecule has 164 valence electrons. The summed E-state index contributed by atoms with van der Waals surface area (Å²) in [6.07, 6.45) is 0. The second-order valence-corrected chi connectivity index (χ2v) is 9.59. The molecule has 0 bridgehead atoms. The molecule has 0 spiro atoms. The van der Waals surface area contributed by atoms with Crippen LogP contribution in [0.5, 0.6) is 0 Å². The van der Waals surface area contributed by atoms with Crippen molar-refractivity contribution in [3.63, 3.8) is 0 Å². The average Bonchev–Trinajstić information content (AvgIpc) is 3.33. The molecular formula is C31H19N3S. The molecular weight excluding hydrogens is 446 g/mol. The molecule has 0 atom stereocenters. The number of thiophene rings is 1. The number of aromatic nitrogens is 3. The number of nitrogens with zero attached hydrogens (tertiary/aromatic N) is 3. The molecule has 0 radical (unpaired) electrons. The van der Waals surface area contributed by atoms with Crippen LogP contribution in [0.15, 0.2) is 115 Å². The van der Waals surface area contributed by atoms with Gasteiger partial charge in [0.25, 0.3) is 0 Å². The number of fused-ring (bicyclic) bond motifs is 5. The Labute approximate surface area is 206 Å². The molecule has 0 aliphatic rings. The lowest BCUT2D eigenvalue weighted by Gasteiger charge is -2.09. The summed E-state index contributed by atoms with van der Waals surface area (Å²) in [5.41, 5.74) is 2.93. The maximum atomic E-state index is 4.92. The minimum absolute atomic E-state index is 0.675. The largest absolute Gasteiger partial charge is 0.208 e. The normalized spacial score (nSPS) is 11.4. The van der Waals surface area contributed by atoms with Gasteiger partial charge in [-0.2, -0.15) is 0 Å². The molecule has 3 nitrogen and oxygen atoms in total. The van der Waals surface area contributed by atoms with Crippen LogP contribution in [0.4, 0.5) is 0 Å². The van der Waals surface area contributed by atoms with Crippen molar-refractivity contribution in [2.75, 3.05) is 0 Å². The predicted molar refractivity (Wildman–Crippen MR) is 147 cm³/mol. The van der Waals surface area contributed by atoms with Crippen molar-refractivity contribution in [3.05, 3.63) is 115 Å². The third-order valence-electron chi connectivity index (χ3n) is 6.32. The van der Waals surface area contributed by atoms with Crippen LogP contribution in [0, 0.1) is 0 Å². The van der Waals surface area contributed by atoms with Gasteiger partial charge in [0.1, 0.15) is 0 Å². The summed E-state index contributed by atoms with van der Waals surface area (Å²) in [6.45, 7) is 0. The first kappa shape index (κ1) is 20.0. The van der Waals surface area contributed by atoms with Crippen molar-refractivity contribution in [2.24, 2.45) is 0 Å². The van der Waals surface area contributed by atoms with E-state index < -0.39 is 0 Å². The van der Waals surface area contributed by atoms with Gasteiger partial charge in [-0.25, -0.2) is 15.0 Å². The molecule has 2 aromatic heterocycles. The van der Waals surface area contributed by atoms with Crippen LogP contribution >= 0.6 is 11.3 Å². The van der Waals surface area contributed by atoms with E-state index in [1.54, 1.807) is 0 Å². The molecule has 2 heterocycles. The van der Waals surface area contributed by atoms with E-state index in [-0.39, 0.29) is 0 Å². The van der Waals surface area contributed by atoms with E-state index in [1.807, 2.05) is 72.0 Å².